The van der Waals surface area contributed by atoms with E-state index in [-0.39, 0.29) is 4.90 Å². The Morgan fingerprint density at radius 1 is 0.941 bits per heavy atom. The first kappa shape index (κ1) is 23.3. The molecule has 0 amide bonds. The van der Waals surface area contributed by atoms with Gasteiger partial charge in [0.25, 0.3) is 0 Å². The van der Waals surface area contributed by atoms with Gasteiger partial charge in [0.1, 0.15) is 18.0 Å². The van der Waals surface area contributed by atoms with Crippen LogP contribution in [0.4, 0.5) is 14.5 Å². The van der Waals surface area contributed by atoms with Gasteiger partial charge in [0.05, 0.1) is 33.2 Å². The van der Waals surface area contributed by atoms with Crippen molar-refractivity contribution in [1.82, 2.24) is 19.9 Å². The van der Waals surface area contributed by atoms with Gasteiger partial charge >= 0.3 is 0 Å². The van der Waals surface area contributed by atoms with Crippen molar-refractivity contribution in [2.75, 3.05) is 4.72 Å². The molecule has 0 radical (unpaired) electrons. The van der Waals surface area contributed by atoms with E-state index in [0.717, 1.165) is 51.9 Å². The predicted octanol–water partition coefficient (Wildman–Crippen LogP) is 5.91. The van der Waals surface area contributed by atoms with Crippen LogP contribution in [0.25, 0.3) is 11.3 Å². The average Bonchev–Trinajstić information content (AvgIpc) is 2.84. The Labute approximate surface area is 201 Å². The van der Waals surface area contributed by atoms with Crippen LogP contribution in [-0.4, -0.2) is 19.9 Å². The molecule has 5 nitrogen and oxygen atoms in total. The molecule has 0 saturated carbocycles. The van der Waals surface area contributed by atoms with Crippen LogP contribution in [0.1, 0.15) is 35.1 Å². The summed E-state index contributed by atoms with van der Waals surface area (Å²) in [7, 11) is 0. The molecule has 0 aliphatic rings. The molecule has 0 spiro atoms. The minimum absolute atomic E-state index is 0.280. The molecule has 8 heteroatoms. The highest BCUT2D eigenvalue weighted by molar-refractivity contribution is 8.00. The van der Waals surface area contributed by atoms with Gasteiger partial charge < -0.3 is 4.72 Å². The van der Waals surface area contributed by atoms with E-state index in [1.54, 1.807) is 18.7 Å². The van der Waals surface area contributed by atoms with E-state index in [1.807, 2.05) is 39.0 Å². The van der Waals surface area contributed by atoms with Gasteiger partial charge in [0.15, 0.2) is 0 Å². The molecule has 3 aromatic heterocycles. The van der Waals surface area contributed by atoms with E-state index in [9.17, 15) is 8.78 Å². The van der Waals surface area contributed by atoms with Crippen molar-refractivity contribution in [1.29, 1.82) is 0 Å². The van der Waals surface area contributed by atoms with Crippen LogP contribution in [0.3, 0.4) is 0 Å². The SMILES string of the molecule is CCc1ncnc(-c2ccc(C)nc2)c1C#Cc1cnc(C)c(NSc2ccc(F)cc2F)c1. The third-order valence-electron chi connectivity index (χ3n) is 5.03. The Balaban J connectivity index is 1.64. The first-order valence-corrected chi connectivity index (χ1v) is 11.4. The lowest BCUT2D eigenvalue weighted by atomic mass is 10.0. The fourth-order valence-corrected chi connectivity index (χ4v) is 3.87. The molecule has 0 atom stereocenters. The number of hydrogen-bond acceptors (Lipinski definition) is 6. The van der Waals surface area contributed by atoms with Crippen molar-refractivity contribution in [2.24, 2.45) is 0 Å². The minimum Gasteiger partial charge on any atom is -0.324 e. The van der Waals surface area contributed by atoms with Gasteiger partial charge in [-0.2, -0.15) is 0 Å². The summed E-state index contributed by atoms with van der Waals surface area (Å²) in [5, 5.41) is 0. The summed E-state index contributed by atoms with van der Waals surface area (Å²) in [5.41, 5.74) is 6.19. The molecule has 1 aromatic carbocycles. The van der Waals surface area contributed by atoms with E-state index in [4.69, 9.17) is 0 Å². The quantitative estimate of drug-likeness (QED) is 0.287. The number of aromatic nitrogens is 4. The van der Waals surface area contributed by atoms with Gasteiger partial charge in [-0.3, -0.25) is 9.97 Å². The number of anilines is 1. The monoisotopic (exact) mass is 473 g/mol. The maximum Gasteiger partial charge on any atom is 0.141 e. The molecule has 0 aliphatic carbocycles. The molecular formula is C26H21F2N5S. The Kier molecular flexibility index (Phi) is 7.14. The number of aryl methyl sites for hydroxylation is 3. The second kappa shape index (κ2) is 10.4. The van der Waals surface area contributed by atoms with E-state index >= 15 is 0 Å². The summed E-state index contributed by atoms with van der Waals surface area (Å²) in [5.74, 6) is 5.13. The van der Waals surface area contributed by atoms with Crippen molar-refractivity contribution in [2.45, 2.75) is 32.1 Å². The number of hydrogen-bond donors (Lipinski definition) is 1. The molecule has 4 aromatic rings. The smallest absolute Gasteiger partial charge is 0.141 e. The normalized spacial score (nSPS) is 10.5. The number of halogens is 2. The van der Waals surface area contributed by atoms with Crippen LogP contribution in [0.15, 0.2) is 60.0 Å². The largest absolute Gasteiger partial charge is 0.324 e. The van der Waals surface area contributed by atoms with Crippen LogP contribution >= 0.6 is 11.9 Å². The molecular weight excluding hydrogens is 452 g/mol. The van der Waals surface area contributed by atoms with Crippen LogP contribution in [-0.2, 0) is 6.42 Å². The van der Waals surface area contributed by atoms with Crippen molar-refractivity contribution in [3.8, 4) is 23.1 Å². The highest BCUT2D eigenvalue weighted by Gasteiger charge is 2.11. The molecule has 0 unspecified atom stereocenters. The zero-order valence-electron chi connectivity index (χ0n) is 18.9. The molecule has 170 valence electrons. The number of nitrogens with one attached hydrogen (secondary N) is 1. The zero-order chi connectivity index (χ0) is 24.1. The molecule has 0 saturated heterocycles. The van der Waals surface area contributed by atoms with Gasteiger partial charge in [-0.05, 0) is 62.5 Å². The van der Waals surface area contributed by atoms with Crippen LogP contribution in [0.2, 0.25) is 0 Å². The summed E-state index contributed by atoms with van der Waals surface area (Å²) in [6, 6.07) is 9.20. The second-order valence-corrected chi connectivity index (χ2v) is 8.32. The summed E-state index contributed by atoms with van der Waals surface area (Å²) in [6.45, 7) is 5.79. The third kappa shape index (κ3) is 5.38. The van der Waals surface area contributed by atoms with Gasteiger partial charge in [-0.25, -0.2) is 18.7 Å². The Hall–Kier alpha value is -3.83. The van der Waals surface area contributed by atoms with Gasteiger partial charge in [0.2, 0.25) is 0 Å². The number of nitrogens with zero attached hydrogens (tertiary/aromatic N) is 4. The predicted molar refractivity (Wildman–Crippen MR) is 130 cm³/mol. The Morgan fingerprint density at radius 3 is 2.53 bits per heavy atom. The van der Waals surface area contributed by atoms with Crippen LogP contribution in [0, 0.1) is 37.3 Å². The molecule has 4 rings (SSSR count). The zero-order valence-corrected chi connectivity index (χ0v) is 19.7. The fraction of sp³-hybridized carbons (Fsp3) is 0.154. The van der Waals surface area contributed by atoms with Crippen LogP contribution < -0.4 is 4.72 Å². The van der Waals surface area contributed by atoms with E-state index in [0.29, 0.717) is 17.7 Å². The summed E-state index contributed by atoms with van der Waals surface area (Å²) in [4.78, 5) is 17.9. The highest BCUT2D eigenvalue weighted by atomic mass is 32.2. The molecule has 0 bridgehead atoms. The molecule has 0 fully saturated rings. The maximum absolute atomic E-state index is 14.0. The summed E-state index contributed by atoms with van der Waals surface area (Å²) >= 11 is 1.05. The van der Waals surface area contributed by atoms with Gasteiger partial charge in [-0.15, -0.1) is 0 Å². The van der Waals surface area contributed by atoms with Crippen molar-refractivity contribution < 1.29 is 8.78 Å². The number of pyridine rings is 2. The second-order valence-electron chi connectivity index (χ2n) is 7.47. The lowest BCUT2D eigenvalue weighted by Gasteiger charge is -2.09. The minimum atomic E-state index is -0.631. The standard InChI is InChI=1S/C26H21F2N5S/c1-4-23-21(26(32-15-31-23)19-7-5-16(2)29-14-19)9-6-18-11-24(17(3)30-13-18)33-34-25-10-8-20(27)12-22(25)28/h5,7-8,10-15,33H,4H2,1-3H3. The van der Waals surface area contributed by atoms with E-state index in [2.05, 4.69) is 36.5 Å². The van der Waals surface area contributed by atoms with Gasteiger partial charge in [0, 0.05) is 35.3 Å². The first-order chi connectivity index (χ1) is 16.4. The Bertz CT molecular complexity index is 1390. The average molecular weight is 474 g/mol. The van der Waals surface area contributed by atoms with Gasteiger partial charge in [-0.1, -0.05) is 18.8 Å². The van der Waals surface area contributed by atoms with E-state index < -0.39 is 11.6 Å². The Morgan fingerprint density at radius 2 is 1.79 bits per heavy atom. The lowest BCUT2D eigenvalue weighted by molar-refractivity contribution is 0.566. The maximum atomic E-state index is 14.0. The van der Waals surface area contributed by atoms with Crippen molar-refractivity contribution in [3.05, 3.63) is 95.0 Å². The van der Waals surface area contributed by atoms with Crippen LogP contribution in [0.5, 0.6) is 0 Å². The molecule has 3 heterocycles. The summed E-state index contributed by atoms with van der Waals surface area (Å²) < 4.78 is 30.2. The molecule has 1 N–H and O–H groups in total. The van der Waals surface area contributed by atoms with E-state index in [1.165, 1.54) is 12.1 Å². The number of rotatable bonds is 5. The highest BCUT2D eigenvalue weighted by Crippen LogP contribution is 2.26. The van der Waals surface area contributed by atoms with Crippen molar-refractivity contribution >= 4 is 17.6 Å². The molecule has 0 aliphatic heterocycles. The third-order valence-corrected chi connectivity index (χ3v) is 5.90. The lowest BCUT2D eigenvalue weighted by Crippen LogP contribution is -2.00. The first-order valence-electron chi connectivity index (χ1n) is 10.6. The summed E-state index contributed by atoms with van der Waals surface area (Å²) in [6.07, 6.45) is 5.71. The fourth-order valence-electron chi connectivity index (χ4n) is 3.16. The topological polar surface area (TPSA) is 63.6 Å². The van der Waals surface area contributed by atoms with Crippen molar-refractivity contribution in [3.63, 3.8) is 0 Å². The molecule has 34 heavy (non-hydrogen) atoms. The number of benzene rings is 1.